The molecule has 0 bridgehead atoms. The number of anilines is 1. The van der Waals surface area contributed by atoms with Crippen LogP contribution in [0.2, 0.25) is 0 Å². The van der Waals surface area contributed by atoms with Crippen LogP contribution in [0.15, 0.2) is 12.4 Å². The summed E-state index contributed by atoms with van der Waals surface area (Å²) in [6.45, 7) is 10.1. The SMILES string of the molecule is CC(C)Nc1nccn1CCN1CCOCC1. The van der Waals surface area contributed by atoms with E-state index >= 15 is 0 Å². The highest BCUT2D eigenvalue weighted by Gasteiger charge is 2.11. The Morgan fingerprint density at radius 3 is 2.82 bits per heavy atom. The third-order valence-electron chi connectivity index (χ3n) is 2.89. The number of hydrogen-bond acceptors (Lipinski definition) is 4. The van der Waals surface area contributed by atoms with Gasteiger partial charge in [0.25, 0.3) is 0 Å². The standard InChI is InChI=1S/C12H22N4O/c1-11(2)14-12-13-3-4-16(12)6-5-15-7-9-17-10-8-15/h3-4,11H,5-10H2,1-2H3,(H,13,14). The molecule has 1 N–H and O–H groups in total. The Morgan fingerprint density at radius 1 is 1.35 bits per heavy atom. The lowest BCUT2D eigenvalue weighted by atomic mass is 10.4. The van der Waals surface area contributed by atoms with Crippen LogP contribution < -0.4 is 5.32 Å². The summed E-state index contributed by atoms with van der Waals surface area (Å²) >= 11 is 0. The molecule has 0 amide bonds. The summed E-state index contributed by atoms with van der Waals surface area (Å²) in [7, 11) is 0. The molecule has 1 fully saturated rings. The molecule has 1 saturated heterocycles. The summed E-state index contributed by atoms with van der Waals surface area (Å²) in [6.07, 6.45) is 3.88. The second kappa shape index (κ2) is 6.02. The predicted octanol–water partition coefficient (Wildman–Crippen LogP) is 1.04. The fourth-order valence-electron chi connectivity index (χ4n) is 1.96. The van der Waals surface area contributed by atoms with Crippen LogP contribution >= 0.6 is 0 Å². The lowest BCUT2D eigenvalue weighted by Gasteiger charge is -2.26. The molecular weight excluding hydrogens is 216 g/mol. The molecular formula is C12H22N4O. The van der Waals surface area contributed by atoms with Crippen LogP contribution in [0.5, 0.6) is 0 Å². The van der Waals surface area contributed by atoms with E-state index < -0.39 is 0 Å². The molecule has 2 heterocycles. The highest BCUT2D eigenvalue weighted by atomic mass is 16.5. The quantitative estimate of drug-likeness (QED) is 0.832. The number of morpholine rings is 1. The summed E-state index contributed by atoms with van der Waals surface area (Å²) in [5, 5.41) is 3.35. The summed E-state index contributed by atoms with van der Waals surface area (Å²) < 4.78 is 7.52. The van der Waals surface area contributed by atoms with Crippen molar-refractivity contribution in [2.24, 2.45) is 0 Å². The summed E-state index contributed by atoms with van der Waals surface area (Å²) in [6, 6.07) is 0.416. The van der Waals surface area contributed by atoms with Crippen molar-refractivity contribution in [3.8, 4) is 0 Å². The number of aromatic nitrogens is 2. The molecule has 1 aliphatic rings. The maximum Gasteiger partial charge on any atom is 0.203 e. The lowest BCUT2D eigenvalue weighted by Crippen LogP contribution is -2.38. The number of ether oxygens (including phenoxy) is 1. The van der Waals surface area contributed by atoms with Gasteiger partial charge in [-0.2, -0.15) is 0 Å². The second-order valence-corrected chi connectivity index (χ2v) is 4.70. The van der Waals surface area contributed by atoms with Crippen LogP contribution in [0.25, 0.3) is 0 Å². The molecule has 1 aromatic heterocycles. The van der Waals surface area contributed by atoms with E-state index in [1.807, 2.05) is 12.4 Å². The molecule has 0 unspecified atom stereocenters. The van der Waals surface area contributed by atoms with Crippen molar-refractivity contribution in [2.75, 3.05) is 38.2 Å². The highest BCUT2D eigenvalue weighted by Crippen LogP contribution is 2.07. The molecule has 0 saturated carbocycles. The Morgan fingerprint density at radius 2 is 2.12 bits per heavy atom. The first-order chi connectivity index (χ1) is 8.25. The average Bonchev–Trinajstić information content (AvgIpc) is 2.74. The van der Waals surface area contributed by atoms with Crippen molar-refractivity contribution in [1.29, 1.82) is 0 Å². The molecule has 5 nitrogen and oxygen atoms in total. The van der Waals surface area contributed by atoms with Gasteiger partial charge in [-0.1, -0.05) is 0 Å². The van der Waals surface area contributed by atoms with Gasteiger partial charge in [0.05, 0.1) is 13.2 Å². The van der Waals surface area contributed by atoms with Crippen molar-refractivity contribution in [3.05, 3.63) is 12.4 Å². The first-order valence-electron chi connectivity index (χ1n) is 6.33. The monoisotopic (exact) mass is 238 g/mol. The summed E-state index contributed by atoms with van der Waals surface area (Å²) in [5.41, 5.74) is 0. The van der Waals surface area contributed by atoms with Crippen LogP contribution in [0.4, 0.5) is 5.95 Å². The van der Waals surface area contributed by atoms with Gasteiger partial charge in [0.1, 0.15) is 0 Å². The van der Waals surface area contributed by atoms with Crippen LogP contribution in [0.1, 0.15) is 13.8 Å². The molecule has 96 valence electrons. The normalized spacial score (nSPS) is 17.6. The Kier molecular flexibility index (Phi) is 4.39. The Bertz CT molecular complexity index is 331. The lowest BCUT2D eigenvalue weighted by molar-refractivity contribution is 0.0364. The van der Waals surface area contributed by atoms with Gasteiger partial charge < -0.3 is 14.6 Å². The molecule has 5 heteroatoms. The number of nitrogens with one attached hydrogen (secondary N) is 1. The minimum absolute atomic E-state index is 0.416. The van der Waals surface area contributed by atoms with Crippen molar-refractivity contribution in [2.45, 2.75) is 26.4 Å². The zero-order valence-corrected chi connectivity index (χ0v) is 10.7. The van der Waals surface area contributed by atoms with Gasteiger partial charge in [0.15, 0.2) is 0 Å². The molecule has 2 rings (SSSR count). The van der Waals surface area contributed by atoms with E-state index in [1.54, 1.807) is 0 Å². The number of hydrogen-bond donors (Lipinski definition) is 1. The van der Waals surface area contributed by atoms with E-state index in [4.69, 9.17) is 4.74 Å². The van der Waals surface area contributed by atoms with Gasteiger partial charge in [-0.05, 0) is 13.8 Å². The Labute approximate surface area is 103 Å². The highest BCUT2D eigenvalue weighted by molar-refractivity contribution is 5.26. The third-order valence-corrected chi connectivity index (χ3v) is 2.89. The molecule has 0 spiro atoms. The van der Waals surface area contributed by atoms with Gasteiger partial charge in [0, 0.05) is 44.6 Å². The van der Waals surface area contributed by atoms with E-state index in [9.17, 15) is 0 Å². The average molecular weight is 238 g/mol. The van der Waals surface area contributed by atoms with Gasteiger partial charge in [-0.3, -0.25) is 4.90 Å². The molecule has 1 aromatic rings. The first kappa shape index (κ1) is 12.4. The zero-order valence-electron chi connectivity index (χ0n) is 10.7. The van der Waals surface area contributed by atoms with Gasteiger partial charge in [-0.15, -0.1) is 0 Å². The zero-order chi connectivity index (χ0) is 12.1. The fourth-order valence-corrected chi connectivity index (χ4v) is 1.96. The van der Waals surface area contributed by atoms with E-state index in [0.717, 1.165) is 45.3 Å². The van der Waals surface area contributed by atoms with E-state index in [0.29, 0.717) is 6.04 Å². The maximum absolute atomic E-state index is 5.34. The van der Waals surface area contributed by atoms with Gasteiger partial charge in [0.2, 0.25) is 5.95 Å². The summed E-state index contributed by atoms with van der Waals surface area (Å²) in [5.74, 6) is 0.966. The van der Waals surface area contributed by atoms with Crippen molar-refractivity contribution in [1.82, 2.24) is 14.5 Å². The smallest absolute Gasteiger partial charge is 0.203 e. The van der Waals surface area contributed by atoms with Crippen molar-refractivity contribution < 1.29 is 4.74 Å². The molecule has 1 aliphatic heterocycles. The molecule has 0 radical (unpaired) electrons. The molecule has 0 atom stereocenters. The minimum atomic E-state index is 0.416. The van der Waals surface area contributed by atoms with E-state index in [-0.39, 0.29) is 0 Å². The van der Waals surface area contributed by atoms with E-state index in [1.165, 1.54) is 0 Å². The molecule has 0 aliphatic carbocycles. The van der Waals surface area contributed by atoms with Crippen LogP contribution in [0.3, 0.4) is 0 Å². The Balaban J connectivity index is 1.83. The number of imidazole rings is 1. The Hall–Kier alpha value is -1.07. The van der Waals surface area contributed by atoms with Gasteiger partial charge in [-0.25, -0.2) is 4.98 Å². The molecule has 17 heavy (non-hydrogen) atoms. The van der Waals surface area contributed by atoms with E-state index in [2.05, 4.69) is 33.6 Å². The number of nitrogens with zero attached hydrogens (tertiary/aromatic N) is 3. The fraction of sp³-hybridized carbons (Fsp3) is 0.750. The van der Waals surface area contributed by atoms with Crippen molar-refractivity contribution >= 4 is 5.95 Å². The van der Waals surface area contributed by atoms with Crippen LogP contribution in [-0.4, -0.2) is 53.3 Å². The van der Waals surface area contributed by atoms with Crippen molar-refractivity contribution in [3.63, 3.8) is 0 Å². The topological polar surface area (TPSA) is 42.3 Å². The second-order valence-electron chi connectivity index (χ2n) is 4.70. The maximum atomic E-state index is 5.34. The predicted molar refractivity (Wildman–Crippen MR) is 68.2 cm³/mol. The summed E-state index contributed by atoms with van der Waals surface area (Å²) in [4.78, 5) is 6.76. The molecule has 0 aromatic carbocycles. The van der Waals surface area contributed by atoms with Crippen LogP contribution in [-0.2, 0) is 11.3 Å². The largest absolute Gasteiger partial charge is 0.379 e. The van der Waals surface area contributed by atoms with Crippen LogP contribution in [0, 0.1) is 0 Å². The number of rotatable bonds is 5. The minimum Gasteiger partial charge on any atom is -0.379 e. The van der Waals surface area contributed by atoms with Gasteiger partial charge >= 0.3 is 0 Å². The third kappa shape index (κ3) is 3.71. The first-order valence-corrected chi connectivity index (χ1v) is 6.33.